The highest BCUT2D eigenvalue weighted by atomic mass is 32.2. The number of carbonyl (C=O) groups is 1. The molecule has 0 atom stereocenters. The Kier molecular flexibility index (Phi) is 8.01. The van der Waals surface area contributed by atoms with E-state index in [0.29, 0.717) is 43.3 Å². The van der Waals surface area contributed by atoms with Crippen LogP contribution >= 0.6 is 11.8 Å². The summed E-state index contributed by atoms with van der Waals surface area (Å²) < 4.78 is 79.6. The molecule has 0 bridgehead atoms. The van der Waals surface area contributed by atoms with Crippen LogP contribution in [-0.2, 0) is 25.3 Å². The van der Waals surface area contributed by atoms with Crippen LogP contribution in [0.1, 0.15) is 47.6 Å². The minimum Gasteiger partial charge on any atom is -0.352 e. The molecule has 0 spiro atoms. The van der Waals surface area contributed by atoms with Gasteiger partial charge in [-0.25, -0.2) is 0 Å². The second kappa shape index (κ2) is 9.92. The second-order valence-electron chi connectivity index (χ2n) is 7.26. The lowest BCUT2D eigenvalue weighted by atomic mass is 10.0. The number of amides is 1. The minimum atomic E-state index is -5.01. The number of nitrogens with one attached hydrogen (secondary N) is 1. The second-order valence-corrected chi connectivity index (χ2v) is 8.03. The Morgan fingerprint density at radius 1 is 1.06 bits per heavy atom. The molecule has 2 aromatic rings. The average molecular weight is 468 g/mol. The molecule has 1 heterocycles. The zero-order valence-corrected chi connectivity index (χ0v) is 17.9. The van der Waals surface area contributed by atoms with Crippen LogP contribution in [-0.4, -0.2) is 33.5 Å². The molecule has 0 radical (unpaired) electrons. The zero-order chi connectivity index (χ0) is 23.4. The number of carbonyl (C=O) groups excluding carboxylic acids is 1. The molecule has 1 aromatic heterocycles. The van der Waals surface area contributed by atoms with Crippen molar-refractivity contribution in [3.8, 4) is 0 Å². The lowest BCUT2D eigenvalue weighted by Gasteiger charge is -2.14. The van der Waals surface area contributed by atoms with Crippen molar-refractivity contribution < 1.29 is 31.1 Å². The Morgan fingerprint density at radius 3 is 2.13 bits per heavy atom. The average Bonchev–Trinajstić information content (AvgIpc) is 3.04. The van der Waals surface area contributed by atoms with Crippen LogP contribution in [0.4, 0.5) is 26.3 Å². The predicted octanol–water partition coefficient (Wildman–Crippen LogP) is 5.06. The summed E-state index contributed by atoms with van der Waals surface area (Å²) >= 11 is 1.44. The van der Waals surface area contributed by atoms with E-state index in [2.05, 4.69) is 15.5 Å². The molecule has 31 heavy (non-hydrogen) atoms. The van der Waals surface area contributed by atoms with Gasteiger partial charge in [0.25, 0.3) is 5.91 Å². The van der Waals surface area contributed by atoms with Gasteiger partial charge in [-0.1, -0.05) is 25.6 Å². The number of alkyl halides is 6. The van der Waals surface area contributed by atoms with Gasteiger partial charge in [0.15, 0.2) is 5.16 Å². The molecule has 172 valence electrons. The summed E-state index contributed by atoms with van der Waals surface area (Å²) in [4.78, 5) is 12.2. The normalized spacial score (nSPS) is 12.5. The van der Waals surface area contributed by atoms with Gasteiger partial charge in [0.05, 0.1) is 11.1 Å². The quantitative estimate of drug-likeness (QED) is 0.334. The maximum Gasteiger partial charge on any atom is 0.416 e. The fraction of sp³-hybridized carbons (Fsp3) is 0.526. The molecule has 0 saturated heterocycles. The van der Waals surface area contributed by atoms with E-state index < -0.39 is 35.0 Å². The molecular weight excluding hydrogens is 446 g/mol. The maximum absolute atomic E-state index is 12.9. The number of nitrogens with zero attached hydrogens (tertiary/aromatic N) is 3. The first-order valence-corrected chi connectivity index (χ1v) is 10.6. The van der Waals surface area contributed by atoms with Gasteiger partial charge >= 0.3 is 12.4 Å². The number of hydrogen-bond acceptors (Lipinski definition) is 4. The Hall–Kier alpha value is -2.24. The van der Waals surface area contributed by atoms with E-state index in [1.807, 2.05) is 24.7 Å². The van der Waals surface area contributed by atoms with E-state index >= 15 is 0 Å². The third-order valence-corrected chi connectivity index (χ3v) is 4.90. The van der Waals surface area contributed by atoms with Crippen molar-refractivity contribution in [3.63, 3.8) is 0 Å². The smallest absolute Gasteiger partial charge is 0.352 e. The van der Waals surface area contributed by atoms with Crippen molar-refractivity contribution in [1.82, 2.24) is 20.1 Å². The summed E-state index contributed by atoms with van der Waals surface area (Å²) in [5, 5.41) is 11.3. The van der Waals surface area contributed by atoms with Crippen LogP contribution in [0, 0.1) is 5.92 Å². The van der Waals surface area contributed by atoms with Crippen LogP contribution < -0.4 is 5.32 Å². The highest BCUT2D eigenvalue weighted by Crippen LogP contribution is 2.36. The first-order valence-electron chi connectivity index (χ1n) is 9.36. The van der Waals surface area contributed by atoms with E-state index in [1.165, 1.54) is 11.8 Å². The third kappa shape index (κ3) is 6.88. The number of benzene rings is 1. The highest BCUT2D eigenvalue weighted by Gasteiger charge is 2.37. The molecule has 1 amide bonds. The highest BCUT2D eigenvalue weighted by molar-refractivity contribution is 7.98. The summed E-state index contributed by atoms with van der Waals surface area (Å²) in [6, 6.07) is 0.810. The number of thioether (sulfide) groups is 1. The van der Waals surface area contributed by atoms with Crippen molar-refractivity contribution in [2.75, 3.05) is 12.8 Å². The maximum atomic E-state index is 12.9. The summed E-state index contributed by atoms with van der Waals surface area (Å²) in [5.74, 6) is 0.0415. The van der Waals surface area contributed by atoms with Gasteiger partial charge in [-0.3, -0.25) is 4.79 Å². The van der Waals surface area contributed by atoms with Gasteiger partial charge < -0.3 is 9.88 Å². The van der Waals surface area contributed by atoms with Crippen molar-refractivity contribution in [2.45, 2.75) is 50.7 Å². The number of aryl methyl sites for hydroxylation is 1. The molecule has 2 rings (SSSR count). The predicted molar refractivity (Wildman–Crippen MR) is 104 cm³/mol. The molecule has 0 aliphatic carbocycles. The number of halogens is 6. The van der Waals surface area contributed by atoms with Gasteiger partial charge in [0, 0.05) is 25.1 Å². The minimum absolute atomic E-state index is 0.0122. The van der Waals surface area contributed by atoms with Crippen molar-refractivity contribution in [2.24, 2.45) is 5.92 Å². The largest absolute Gasteiger partial charge is 0.416 e. The SMILES string of the molecule is CSc1nnc(CCCNC(=O)c2cc(C(F)(F)F)cc(C(F)(F)F)c2)n1CC(C)C. The molecule has 1 N–H and O–H groups in total. The van der Waals surface area contributed by atoms with E-state index in [4.69, 9.17) is 0 Å². The molecule has 5 nitrogen and oxygen atoms in total. The van der Waals surface area contributed by atoms with Gasteiger partial charge in [0.2, 0.25) is 0 Å². The van der Waals surface area contributed by atoms with E-state index in [1.54, 1.807) is 0 Å². The van der Waals surface area contributed by atoms with E-state index in [9.17, 15) is 31.1 Å². The van der Waals surface area contributed by atoms with Crippen LogP contribution in [0.2, 0.25) is 0 Å². The standard InChI is InChI=1S/C19H22F6N4OS/c1-11(2)10-29-15(27-28-17(29)31-3)5-4-6-26-16(30)12-7-13(18(20,21)22)9-14(8-12)19(23,24)25/h7-9,11H,4-6,10H2,1-3H3,(H,26,30). The first-order chi connectivity index (χ1) is 14.3. The van der Waals surface area contributed by atoms with Gasteiger partial charge in [-0.15, -0.1) is 10.2 Å². The summed E-state index contributed by atoms with van der Waals surface area (Å²) in [6.45, 7) is 4.84. The zero-order valence-electron chi connectivity index (χ0n) is 17.1. The number of rotatable bonds is 8. The van der Waals surface area contributed by atoms with E-state index in [0.717, 1.165) is 5.16 Å². The van der Waals surface area contributed by atoms with Gasteiger partial charge in [-0.2, -0.15) is 26.3 Å². The summed E-state index contributed by atoms with van der Waals surface area (Å²) in [7, 11) is 0. The van der Waals surface area contributed by atoms with E-state index in [-0.39, 0.29) is 12.6 Å². The molecular formula is C19H22F6N4OS. The summed E-state index contributed by atoms with van der Waals surface area (Å²) in [5.41, 5.74) is -3.76. The van der Waals surface area contributed by atoms with Crippen molar-refractivity contribution >= 4 is 17.7 Å². The van der Waals surface area contributed by atoms with Crippen LogP contribution in [0.25, 0.3) is 0 Å². The number of hydrogen-bond donors (Lipinski definition) is 1. The van der Waals surface area contributed by atoms with Crippen molar-refractivity contribution in [1.29, 1.82) is 0 Å². The molecule has 12 heteroatoms. The van der Waals surface area contributed by atoms with Crippen LogP contribution in [0.3, 0.4) is 0 Å². The fourth-order valence-electron chi connectivity index (χ4n) is 2.84. The lowest BCUT2D eigenvalue weighted by Crippen LogP contribution is -2.26. The molecule has 0 fully saturated rings. The van der Waals surface area contributed by atoms with Gasteiger partial charge in [-0.05, 0) is 36.8 Å². The molecule has 0 aliphatic rings. The topological polar surface area (TPSA) is 59.8 Å². The third-order valence-electron chi connectivity index (χ3n) is 4.24. The Balaban J connectivity index is 2.06. The Morgan fingerprint density at radius 2 is 1.65 bits per heavy atom. The molecule has 0 unspecified atom stereocenters. The van der Waals surface area contributed by atoms with Crippen molar-refractivity contribution in [3.05, 3.63) is 40.7 Å². The first kappa shape index (κ1) is 25.0. The Labute approximate surface area is 179 Å². The van der Waals surface area contributed by atoms with Gasteiger partial charge in [0.1, 0.15) is 5.82 Å². The fourth-order valence-corrected chi connectivity index (χ4v) is 3.36. The monoisotopic (exact) mass is 468 g/mol. The summed E-state index contributed by atoms with van der Waals surface area (Å²) in [6.07, 6.45) is -7.31. The lowest BCUT2D eigenvalue weighted by molar-refractivity contribution is -0.143. The molecule has 1 aromatic carbocycles. The number of aromatic nitrogens is 3. The molecule has 0 saturated carbocycles. The van der Waals surface area contributed by atoms with Crippen LogP contribution in [0.5, 0.6) is 0 Å². The molecule has 0 aliphatic heterocycles. The Bertz CT molecular complexity index is 876. The van der Waals surface area contributed by atoms with Crippen LogP contribution in [0.15, 0.2) is 23.4 Å².